The van der Waals surface area contributed by atoms with Gasteiger partial charge in [0.2, 0.25) is 0 Å². The van der Waals surface area contributed by atoms with Gasteiger partial charge in [-0.25, -0.2) is 0 Å². The first-order chi connectivity index (χ1) is 6.33. The minimum absolute atomic E-state index is 1.06. The Labute approximate surface area is 90.0 Å². The van der Waals surface area contributed by atoms with Gasteiger partial charge in [-0.3, -0.25) is 0 Å². The summed E-state index contributed by atoms with van der Waals surface area (Å²) in [6, 6.07) is 6.23. The third-order valence-electron chi connectivity index (χ3n) is 2.04. The molecular formula is C10H10BrNS. The van der Waals surface area contributed by atoms with Crippen LogP contribution >= 0.6 is 27.7 Å². The molecule has 0 saturated carbocycles. The summed E-state index contributed by atoms with van der Waals surface area (Å²) < 4.78 is 1.18. The van der Waals surface area contributed by atoms with Crippen molar-refractivity contribution in [2.24, 2.45) is 0 Å². The number of halogens is 1. The normalized spacial score (nSPS) is 10.9. The maximum Gasteiger partial charge on any atom is 0.0468 e. The molecule has 0 aliphatic rings. The van der Waals surface area contributed by atoms with Crippen molar-refractivity contribution in [3.05, 3.63) is 34.4 Å². The number of aromatic nitrogens is 1. The number of benzene rings is 1. The highest BCUT2D eigenvalue weighted by atomic mass is 79.9. The van der Waals surface area contributed by atoms with Crippen LogP contribution in [-0.4, -0.2) is 11.2 Å². The summed E-state index contributed by atoms with van der Waals surface area (Å²) in [4.78, 5) is 3.27. The van der Waals surface area contributed by atoms with Gasteiger partial charge in [0.1, 0.15) is 0 Å². The lowest BCUT2D eigenvalue weighted by Crippen LogP contribution is -1.76. The van der Waals surface area contributed by atoms with Crippen LogP contribution in [0, 0.1) is 0 Å². The van der Waals surface area contributed by atoms with Crippen molar-refractivity contribution in [2.45, 2.75) is 5.75 Å². The van der Waals surface area contributed by atoms with E-state index in [1.807, 2.05) is 17.8 Å². The van der Waals surface area contributed by atoms with E-state index < -0.39 is 0 Å². The zero-order chi connectivity index (χ0) is 9.26. The van der Waals surface area contributed by atoms with Gasteiger partial charge in [0.15, 0.2) is 0 Å². The molecular weight excluding hydrogens is 246 g/mol. The van der Waals surface area contributed by atoms with Crippen LogP contribution in [0.25, 0.3) is 10.9 Å². The molecule has 0 atom stereocenters. The number of rotatable bonds is 2. The minimum atomic E-state index is 1.06. The van der Waals surface area contributed by atoms with E-state index in [1.54, 1.807) is 0 Å². The average molecular weight is 256 g/mol. The fourth-order valence-electron chi connectivity index (χ4n) is 1.48. The number of nitrogens with one attached hydrogen (secondary N) is 1. The number of hydrogen-bond acceptors (Lipinski definition) is 1. The van der Waals surface area contributed by atoms with Gasteiger partial charge in [-0.15, -0.1) is 0 Å². The molecule has 0 fully saturated rings. The van der Waals surface area contributed by atoms with Crippen molar-refractivity contribution in [1.82, 2.24) is 4.98 Å². The van der Waals surface area contributed by atoms with E-state index in [9.17, 15) is 0 Å². The van der Waals surface area contributed by atoms with Crippen LogP contribution in [0.5, 0.6) is 0 Å². The van der Waals surface area contributed by atoms with Crippen LogP contribution in [-0.2, 0) is 5.75 Å². The van der Waals surface area contributed by atoms with Gasteiger partial charge >= 0.3 is 0 Å². The van der Waals surface area contributed by atoms with Crippen molar-refractivity contribution < 1.29 is 0 Å². The molecule has 0 unspecified atom stereocenters. The molecule has 0 bridgehead atoms. The quantitative estimate of drug-likeness (QED) is 0.864. The SMILES string of the molecule is CSCc1c[nH]c2cccc(Br)c12. The Hall–Kier alpha value is -0.410. The Balaban J connectivity index is 2.64. The number of fused-ring (bicyclic) bond motifs is 1. The minimum Gasteiger partial charge on any atom is -0.361 e. The largest absolute Gasteiger partial charge is 0.361 e. The molecule has 13 heavy (non-hydrogen) atoms. The van der Waals surface area contributed by atoms with Crippen LogP contribution < -0.4 is 0 Å². The fraction of sp³-hybridized carbons (Fsp3) is 0.200. The van der Waals surface area contributed by atoms with Crippen molar-refractivity contribution in [2.75, 3.05) is 6.26 Å². The van der Waals surface area contributed by atoms with Crippen LogP contribution in [0.3, 0.4) is 0 Å². The topological polar surface area (TPSA) is 15.8 Å². The van der Waals surface area contributed by atoms with E-state index in [-0.39, 0.29) is 0 Å². The Morgan fingerprint density at radius 3 is 3.08 bits per heavy atom. The summed E-state index contributed by atoms with van der Waals surface area (Å²) in [5.41, 5.74) is 2.58. The highest BCUT2D eigenvalue weighted by Gasteiger charge is 2.05. The molecule has 2 aromatic rings. The lowest BCUT2D eigenvalue weighted by Gasteiger charge is -1.97. The summed E-state index contributed by atoms with van der Waals surface area (Å²) in [6.45, 7) is 0. The molecule has 3 heteroatoms. The van der Waals surface area contributed by atoms with Gasteiger partial charge in [-0.2, -0.15) is 11.8 Å². The summed E-state index contributed by atoms with van der Waals surface area (Å²) in [7, 11) is 0. The number of aromatic amines is 1. The second-order valence-corrected chi connectivity index (χ2v) is 4.63. The fourth-order valence-corrected chi connectivity index (χ4v) is 2.64. The van der Waals surface area contributed by atoms with Gasteiger partial charge in [-0.05, 0) is 24.0 Å². The van der Waals surface area contributed by atoms with Gasteiger partial charge in [-0.1, -0.05) is 22.0 Å². The summed E-state index contributed by atoms with van der Waals surface area (Å²) in [5, 5.41) is 1.32. The standard InChI is InChI=1S/C10H10BrNS/c1-13-6-7-5-12-9-4-2-3-8(11)10(7)9/h2-5,12H,6H2,1H3. The van der Waals surface area contributed by atoms with Crippen molar-refractivity contribution in [1.29, 1.82) is 0 Å². The monoisotopic (exact) mass is 255 g/mol. The molecule has 1 aromatic carbocycles. The highest BCUT2D eigenvalue weighted by Crippen LogP contribution is 2.28. The lowest BCUT2D eigenvalue weighted by atomic mass is 10.2. The Morgan fingerprint density at radius 2 is 2.31 bits per heavy atom. The average Bonchev–Trinajstić information content (AvgIpc) is 2.51. The first-order valence-electron chi connectivity index (χ1n) is 4.06. The summed E-state index contributed by atoms with van der Waals surface area (Å²) in [5.74, 6) is 1.06. The third kappa shape index (κ3) is 1.63. The summed E-state index contributed by atoms with van der Waals surface area (Å²) >= 11 is 5.41. The molecule has 0 amide bonds. The molecule has 68 valence electrons. The van der Waals surface area contributed by atoms with Crippen molar-refractivity contribution >= 4 is 38.6 Å². The molecule has 0 aliphatic carbocycles. The van der Waals surface area contributed by atoms with Crippen molar-refractivity contribution in [3.63, 3.8) is 0 Å². The van der Waals surface area contributed by atoms with Crippen LogP contribution in [0.4, 0.5) is 0 Å². The van der Waals surface area contributed by atoms with Gasteiger partial charge in [0.25, 0.3) is 0 Å². The molecule has 1 nitrogen and oxygen atoms in total. The lowest BCUT2D eigenvalue weighted by molar-refractivity contribution is 1.40. The summed E-state index contributed by atoms with van der Waals surface area (Å²) in [6.07, 6.45) is 4.21. The van der Waals surface area contributed by atoms with Gasteiger partial charge in [0.05, 0.1) is 0 Å². The van der Waals surface area contributed by atoms with Crippen LogP contribution in [0.1, 0.15) is 5.56 Å². The second-order valence-electron chi connectivity index (χ2n) is 2.91. The van der Waals surface area contributed by atoms with Crippen LogP contribution in [0.2, 0.25) is 0 Å². The third-order valence-corrected chi connectivity index (χ3v) is 3.30. The second kappa shape index (κ2) is 3.76. The highest BCUT2D eigenvalue weighted by molar-refractivity contribution is 9.10. The van der Waals surface area contributed by atoms with Crippen LogP contribution in [0.15, 0.2) is 28.9 Å². The number of thioether (sulfide) groups is 1. The maximum absolute atomic E-state index is 3.57. The molecule has 0 aliphatic heterocycles. The predicted octanol–water partition coefficient (Wildman–Crippen LogP) is 3.79. The van der Waals surface area contributed by atoms with E-state index in [1.165, 1.54) is 20.9 Å². The van der Waals surface area contributed by atoms with E-state index in [0.717, 1.165) is 5.75 Å². The maximum atomic E-state index is 3.57. The Bertz CT molecular complexity index is 422. The molecule has 0 spiro atoms. The zero-order valence-corrected chi connectivity index (χ0v) is 9.71. The Kier molecular flexibility index (Phi) is 2.65. The first-order valence-corrected chi connectivity index (χ1v) is 6.25. The Morgan fingerprint density at radius 1 is 1.46 bits per heavy atom. The van der Waals surface area contributed by atoms with E-state index in [2.05, 4.69) is 45.5 Å². The van der Waals surface area contributed by atoms with E-state index in [4.69, 9.17) is 0 Å². The van der Waals surface area contributed by atoms with Crippen molar-refractivity contribution in [3.8, 4) is 0 Å². The molecule has 1 heterocycles. The molecule has 1 N–H and O–H groups in total. The molecule has 0 saturated heterocycles. The molecule has 0 radical (unpaired) electrons. The van der Waals surface area contributed by atoms with E-state index in [0.29, 0.717) is 0 Å². The zero-order valence-electron chi connectivity index (χ0n) is 7.30. The first kappa shape index (κ1) is 9.16. The van der Waals surface area contributed by atoms with E-state index >= 15 is 0 Å². The smallest absolute Gasteiger partial charge is 0.0468 e. The number of H-pyrrole nitrogens is 1. The molecule has 2 rings (SSSR count). The number of hydrogen-bond donors (Lipinski definition) is 1. The van der Waals surface area contributed by atoms with Gasteiger partial charge < -0.3 is 4.98 Å². The molecule has 1 aromatic heterocycles. The predicted molar refractivity (Wildman–Crippen MR) is 63.2 cm³/mol. The van der Waals surface area contributed by atoms with Gasteiger partial charge in [0, 0.05) is 27.3 Å².